The number of rotatable bonds is 6. The summed E-state index contributed by atoms with van der Waals surface area (Å²) >= 11 is 1.26. The van der Waals surface area contributed by atoms with Gasteiger partial charge in [-0.1, -0.05) is 30.0 Å². The SMILES string of the molecule is Cc1ccc(NC(=O)CSc2nc3ccccc3[nH]2)c(S(=O)(=O)N2CCOCC2)c1. The third kappa shape index (κ3) is 4.51. The van der Waals surface area contributed by atoms with Gasteiger partial charge in [-0.2, -0.15) is 4.31 Å². The van der Waals surface area contributed by atoms with Crippen LogP contribution in [0.1, 0.15) is 5.56 Å². The number of aromatic amines is 1. The number of para-hydroxylation sites is 2. The maximum atomic E-state index is 13.1. The highest BCUT2D eigenvalue weighted by Gasteiger charge is 2.29. The second kappa shape index (κ2) is 8.76. The predicted molar refractivity (Wildman–Crippen MR) is 116 cm³/mol. The van der Waals surface area contributed by atoms with Gasteiger partial charge in [0.2, 0.25) is 15.9 Å². The average molecular weight is 447 g/mol. The summed E-state index contributed by atoms with van der Waals surface area (Å²) in [6, 6.07) is 12.6. The first kappa shape index (κ1) is 20.9. The molecule has 30 heavy (non-hydrogen) atoms. The number of nitrogens with one attached hydrogen (secondary N) is 2. The Hall–Kier alpha value is -2.40. The number of thioether (sulfide) groups is 1. The Bertz CT molecular complexity index is 1140. The Balaban J connectivity index is 1.49. The molecule has 0 aliphatic carbocycles. The number of anilines is 1. The second-order valence-corrected chi connectivity index (χ2v) is 9.78. The number of ether oxygens (including phenoxy) is 1. The molecule has 4 rings (SSSR count). The molecule has 158 valence electrons. The fourth-order valence-electron chi connectivity index (χ4n) is 3.19. The lowest BCUT2D eigenvalue weighted by Crippen LogP contribution is -2.41. The maximum Gasteiger partial charge on any atom is 0.245 e. The van der Waals surface area contributed by atoms with Gasteiger partial charge in [0.05, 0.1) is 35.7 Å². The number of H-pyrrole nitrogens is 1. The van der Waals surface area contributed by atoms with Crippen molar-refractivity contribution >= 4 is 44.4 Å². The first-order chi connectivity index (χ1) is 14.4. The lowest BCUT2D eigenvalue weighted by molar-refractivity contribution is -0.113. The molecule has 8 nitrogen and oxygen atoms in total. The van der Waals surface area contributed by atoms with Gasteiger partial charge in [-0.3, -0.25) is 4.79 Å². The van der Waals surface area contributed by atoms with E-state index in [-0.39, 0.29) is 22.2 Å². The van der Waals surface area contributed by atoms with E-state index in [0.29, 0.717) is 31.5 Å². The van der Waals surface area contributed by atoms with Crippen LogP contribution in [-0.4, -0.2) is 60.7 Å². The summed E-state index contributed by atoms with van der Waals surface area (Å²) in [6.07, 6.45) is 0. The van der Waals surface area contributed by atoms with E-state index in [2.05, 4.69) is 15.3 Å². The van der Waals surface area contributed by atoms with E-state index in [9.17, 15) is 13.2 Å². The molecule has 2 heterocycles. The van der Waals surface area contributed by atoms with Gasteiger partial charge in [0, 0.05) is 13.1 Å². The van der Waals surface area contributed by atoms with Gasteiger partial charge < -0.3 is 15.0 Å². The van der Waals surface area contributed by atoms with Gasteiger partial charge in [0.1, 0.15) is 4.90 Å². The molecule has 3 aromatic rings. The molecule has 0 bridgehead atoms. The normalized spacial score (nSPS) is 15.4. The van der Waals surface area contributed by atoms with Crippen LogP contribution in [0.4, 0.5) is 5.69 Å². The van der Waals surface area contributed by atoms with Crippen molar-refractivity contribution in [3.63, 3.8) is 0 Å². The van der Waals surface area contributed by atoms with Crippen LogP contribution in [0.5, 0.6) is 0 Å². The third-order valence-corrected chi connectivity index (χ3v) is 7.52. The molecule has 1 fully saturated rings. The minimum atomic E-state index is -3.73. The Kier molecular flexibility index (Phi) is 6.09. The number of aromatic nitrogens is 2. The summed E-state index contributed by atoms with van der Waals surface area (Å²) in [4.78, 5) is 20.2. The van der Waals surface area contributed by atoms with Crippen LogP contribution < -0.4 is 5.32 Å². The maximum absolute atomic E-state index is 13.1. The zero-order valence-corrected chi connectivity index (χ0v) is 18.1. The summed E-state index contributed by atoms with van der Waals surface area (Å²) in [6.45, 7) is 3.14. The molecule has 2 aromatic carbocycles. The number of amides is 1. The number of fused-ring (bicyclic) bond motifs is 1. The number of morpholine rings is 1. The van der Waals surface area contributed by atoms with Crippen LogP contribution in [0.2, 0.25) is 0 Å². The summed E-state index contributed by atoms with van der Waals surface area (Å²) in [5, 5.41) is 3.38. The molecule has 1 aliphatic rings. The minimum absolute atomic E-state index is 0.102. The molecular formula is C20H22N4O4S2. The highest BCUT2D eigenvalue weighted by molar-refractivity contribution is 7.99. The van der Waals surface area contributed by atoms with Gasteiger partial charge in [0.15, 0.2) is 5.16 Å². The van der Waals surface area contributed by atoms with Gasteiger partial charge >= 0.3 is 0 Å². The van der Waals surface area contributed by atoms with Crippen LogP contribution >= 0.6 is 11.8 Å². The molecule has 10 heteroatoms. The van der Waals surface area contributed by atoms with Crippen molar-refractivity contribution in [1.82, 2.24) is 14.3 Å². The van der Waals surface area contributed by atoms with Gasteiger partial charge in [0.25, 0.3) is 0 Å². The number of hydrogen-bond acceptors (Lipinski definition) is 6. The van der Waals surface area contributed by atoms with Crippen molar-refractivity contribution in [1.29, 1.82) is 0 Å². The number of benzene rings is 2. The van der Waals surface area contributed by atoms with E-state index in [0.717, 1.165) is 16.6 Å². The van der Waals surface area contributed by atoms with Crippen LogP contribution in [0, 0.1) is 6.92 Å². The van der Waals surface area contributed by atoms with Crippen LogP contribution in [0.15, 0.2) is 52.5 Å². The van der Waals surface area contributed by atoms with Crippen molar-refractivity contribution < 1.29 is 17.9 Å². The highest BCUT2D eigenvalue weighted by atomic mass is 32.2. The smallest absolute Gasteiger partial charge is 0.245 e. The van der Waals surface area contributed by atoms with E-state index in [1.54, 1.807) is 18.2 Å². The summed E-state index contributed by atoms with van der Waals surface area (Å²) in [7, 11) is -3.73. The number of imidazole rings is 1. The molecule has 1 aliphatic heterocycles. The zero-order valence-electron chi connectivity index (χ0n) is 16.4. The molecule has 0 atom stereocenters. The molecule has 0 unspecified atom stereocenters. The molecule has 1 amide bonds. The standard InChI is InChI=1S/C20H22N4O4S2/c1-14-6-7-17(18(12-14)30(26,27)24-8-10-28-11-9-24)21-19(25)13-29-20-22-15-4-2-3-5-16(15)23-20/h2-7,12H,8-11,13H2,1H3,(H,21,25)(H,22,23). The molecule has 2 N–H and O–H groups in total. The first-order valence-electron chi connectivity index (χ1n) is 9.49. The van der Waals surface area contributed by atoms with Crippen LogP contribution in [-0.2, 0) is 19.6 Å². The van der Waals surface area contributed by atoms with Crippen molar-refractivity contribution in [2.75, 3.05) is 37.4 Å². The molecular weight excluding hydrogens is 424 g/mol. The van der Waals surface area contributed by atoms with E-state index in [1.165, 1.54) is 16.1 Å². The predicted octanol–water partition coefficient (Wildman–Crippen LogP) is 2.62. The number of aryl methyl sites for hydroxylation is 1. The summed E-state index contributed by atoms with van der Waals surface area (Å²) < 4.78 is 32.9. The van der Waals surface area contributed by atoms with Crippen LogP contribution in [0.3, 0.4) is 0 Å². The zero-order chi connectivity index (χ0) is 21.1. The van der Waals surface area contributed by atoms with Gasteiger partial charge in [-0.05, 0) is 36.8 Å². The summed E-state index contributed by atoms with van der Waals surface area (Å²) in [5.41, 5.74) is 2.81. The molecule has 1 aromatic heterocycles. The van der Waals surface area contributed by atoms with E-state index in [1.807, 2.05) is 31.2 Å². The van der Waals surface area contributed by atoms with E-state index in [4.69, 9.17) is 4.74 Å². The lowest BCUT2D eigenvalue weighted by Gasteiger charge is -2.27. The van der Waals surface area contributed by atoms with Crippen molar-refractivity contribution in [2.24, 2.45) is 0 Å². The molecule has 0 radical (unpaired) electrons. The van der Waals surface area contributed by atoms with E-state index < -0.39 is 10.0 Å². The number of nitrogens with zero attached hydrogens (tertiary/aromatic N) is 2. The van der Waals surface area contributed by atoms with Gasteiger partial charge in [-0.15, -0.1) is 0 Å². The van der Waals surface area contributed by atoms with Crippen molar-refractivity contribution in [2.45, 2.75) is 17.0 Å². The van der Waals surface area contributed by atoms with Crippen molar-refractivity contribution in [3.8, 4) is 0 Å². The highest BCUT2D eigenvalue weighted by Crippen LogP contribution is 2.27. The molecule has 1 saturated heterocycles. The molecule has 0 saturated carbocycles. The van der Waals surface area contributed by atoms with Crippen molar-refractivity contribution in [3.05, 3.63) is 48.0 Å². The molecule has 0 spiro atoms. The summed E-state index contributed by atoms with van der Waals surface area (Å²) in [5.74, 6) is -0.201. The quantitative estimate of drug-likeness (QED) is 0.564. The van der Waals surface area contributed by atoms with E-state index >= 15 is 0 Å². The minimum Gasteiger partial charge on any atom is -0.379 e. The lowest BCUT2D eigenvalue weighted by atomic mass is 10.2. The third-order valence-electron chi connectivity index (χ3n) is 4.71. The largest absolute Gasteiger partial charge is 0.379 e. The average Bonchev–Trinajstić information content (AvgIpc) is 3.17. The van der Waals surface area contributed by atoms with Gasteiger partial charge in [-0.25, -0.2) is 13.4 Å². The fraction of sp³-hybridized carbons (Fsp3) is 0.300. The number of hydrogen-bond donors (Lipinski definition) is 2. The number of sulfonamides is 1. The monoisotopic (exact) mass is 446 g/mol. The Morgan fingerprint density at radius 2 is 2.00 bits per heavy atom. The topological polar surface area (TPSA) is 104 Å². The Labute approximate surface area is 179 Å². The second-order valence-electron chi connectivity index (χ2n) is 6.91. The fourth-order valence-corrected chi connectivity index (χ4v) is 5.51. The first-order valence-corrected chi connectivity index (χ1v) is 11.9. The Morgan fingerprint density at radius 1 is 1.23 bits per heavy atom. The number of carbonyl (C=O) groups is 1. The number of carbonyl (C=O) groups excluding carboxylic acids is 1. The Morgan fingerprint density at radius 3 is 2.77 bits per heavy atom. The van der Waals surface area contributed by atoms with Crippen LogP contribution in [0.25, 0.3) is 11.0 Å².